The third-order valence-electron chi connectivity index (χ3n) is 9.23. The number of hydrogen-bond donors (Lipinski definition) is 0. The van der Waals surface area contributed by atoms with Crippen molar-refractivity contribution in [3.63, 3.8) is 0 Å². The number of pyridine rings is 1. The Morgan fingerprint density at radius 2 is 1.04 bits per heavy atom. The Labute approximate surface area is 268 Å². The molecule has 0 aliphatic carbocycles. The van der Waals surface area contributed by atoms with Crippen molar-refractivity contribution in [1.82, 2.24) is 9.55 Å². The minimum atomic E-state index is 0.646. The largest absolute Gasteiger partial charge is 0.454 e. The molecule has 0 N–H and O–H groups in total. The van der Waals surface area contributed by atoms with E-state index in [9.17, 15) is 0 Å². The van der Waals surface area contributed by atoms with Gasteiger partial charge >= 0.3 is 0 Å². The molecule has 4 heterocycles. The number of para-hydroxylation sites is 3. The summed E-state index contributed by atoms with van der Waals surface area (Å²) in [7, 11) is 0. The lowest BCUT2D eigenvalue weighted by molar-refractivity contribution is 0.657. The zero-order chi connectivity index (χ0) is 31.1. The van der Waals surface area contributed by atoms with Crippen molar-refractivity contribution in [3.8, 4) is 27.9 Å². The van der Waals surface area contributed by atoms with E-state index in [1.54, 1.807) is 0 Å². The van der Waals surface area contributed by atoms with E-state index < -0.39 is 0 Å². The van der Waals surface area contributed by atoms with Crippen LogP contribution >= 0.6 is 0 Å². The molecule has 5 nitrogen and oxygen atoms in total. The number of nitrogens with zero attached hydrogens (tertiary/aromatic N) is 3. The van der Waals surface area contributed by atoms with Crippen LogP contribution in [0.15, 0.2) is 148 Å². The summed E-state index contributed by atoms with van der Waals surface area (Å²) in [6, 6.07) is 47.6. The van der Waals surface area contributed by atoms with E-state index in [-0.39, 0.29) is 0 Å². The first kappa shape index (κ1) is 25.7. The Kier molecular flexibility index (Phi) is 5.28. The van der Waals surface area contributed by atoms with Gasteiger partial charge in [0.25, 0.3) is 0 Å². The second kappa shape index (κ2) is 9.68. The smallest absolute Gasteiger partial charge is 0.188 e. The molecule has 0 fully saturated rings. The van der Waals surface area contributed by atoms with Gasteiger partial charge in [0, 0.05) is 21.8 Å². The number of furan rings is 2. The maximum Gasteiger partial charge on any atom is 0.188 e. The summed E-state index contributed by atoms with van der Waals surface area (Å²) in [6.45, 7) is 7.49. The highest BCUT2D eigenvalue weighted by Crippen LogP contribution is 2.43. The first-order valence-electron chi connectivity index (χ1n) is 15.5. The lowest BCUT2D eigenvalue weighted by Crippen LogP contribution is -1.93. The van der Waals surface area contributed by atoms with Crippen molar-refractivity contribution in [2.24, 2.45) is 0 Å². The van der Waals surface area contributed by atoms with Crippen molar-refractivity contribution in [2.45, 2.75) is 0 Å². The summed E-state index contributed by atoms with van der Waals surface area (Å²) in [5.41, 5.74) is 12.8. The van der Waals surface area contributed by atoms with Crippen LogP contribution in [0.25, 0.3) is 98.7 Å². The number of aromatic nitrogens is 2. The Balaban J connectivity index is 1.09. The van der Waals surface area contributed by atoms with Gasteiger partial charge in [0.2, 0.25) is 0 Å². The van der Waals surface area contributed by atoms with Crippen LogP contribution in [0, 0.1) is 6.57 Å². The van der Waals surface area contributed by atoms with Crippen LogP contribution in [0.3, 0.4) is 0 Å². The zero-order valence-electron chi connectivity index (χ0n) is 24.9. The average Bonchev–Trinajstić information content (AvgIpc) is 3.80. The van der Waals surface area contributed by atoms with E-state index in [1.807, 2.05) is 60.7 Å². The third-order valence-corrected chi connectivity index (χ3v) is 9.23. The first-order valence-corrected chi connectivity index (χ1v) is 15.5. The van der Waals surface area contributed by atoms with Gasteiger partial charge in [-0.1, -0.05) is 84.9 Å². The van der Waals surface area contributed by atoms with Gasteiger partial charge in [0.05, 0.1) is 23.2 Å². The summed E-state index contributed by atoms with van der Waals surface area (Å²) in [4.78, 5) is 8.74. The number of fused-ring (bicyclic) bond motifs is 9. The fourth-order valence-corrected chi connectivity index (χ4v) is 7.04. The molecule has 0 unspecified atom stereocenters. The van der Waals surface area contributed by atoms with Crippen LogP contribution in [0.2, 0.25) is 0 Å². The van der Waals surface area contributed by atoms with Crippen LogP contribution in [0.5, 0.6) is 0 Å². The standard InChI is InChI=1S/C42H23N3O2/c1-43-28-20-23-35-33(24-28)30-8-2-5-11-34(30)45(35)29-21-18-26(19-22-29)25-14-16-27(17-15-25)38-41-39(31-9-3-6-12-36(31)46-41)44-40-32-10-4-7-13-37(32)47-42(38)40/h2-24H. The van der Waals surface area contributed by atoms with Crippen molar-refractivity contribution in [1.29, 1.82) is 0 Å². The van der Waals surface area contributed by atoms with Gasteiger partial charge in [-0.2, -0.15) is 0 Å². The van der Waals surface area contributed by atoms with E-state index in [0.717, 1.165) is 93.9 Å². The van der Waals surface area contributed by atoms with E-state index in [1.165, 1.54) is 0 Å². The van der Waals surface area contributed by atoms with Gasteiger partial charge < -0.3 is 13.4 Å². The predicted octanol–water partition coefficient (Wildman–Crippen LogP) is 11.9. The molecular weight excluding hydrogens is 578 g/mol. The molecule has 0 aliphatic heterocycles. The van der Waals surface area contributed by atoms with E-state index in [0.29, 0.717) is 5.69 Å². The molecular formula is C42H23N3O2. The molecule has 0 spiro atoms. The molecule has 0 bridgehead atoms. The fourth-order valence-electron chi connectivity index (χ4n) is 7.04. The van der Waals surface area contributed by atoms with E-state index in [2.05, 4.69) is 88.3 Å². The predicted molar refractivity (Wildman–Crippen MR) is 190 cm³/mol. The Morgan fingerprint density at radius 1 is 0.511 bits per heavy atom. The van der Waals surface area contributed by atoms with Gasteiger partial charge in [-0.15, -0.1) is 0 Å². The SMILES string of the molecule is [C-]#[N+]c1ccc2c(c1)c1ccccc1n2-c1ccc(-c2ccc(-c3c4oc5ccccc5c4nc4c3oc3ccccc34)cc2)cc1. The van der Waals surface area contributed by atoms with Gasteiger partial charge in [0.1, 0.15) is 22.2 Å². The van der Waals surface area contributed by atoms with Gasteiger partial charge in [-0.3, -0.25) is 0 Å². The van der Waals surface area contributed by atoms with E-state index >= 15 is 0 Å². The van der Waals surface area contributed by atoms with Crippen LogP contribution in [-0.2, 0) is 0 Å². The molecule has 0 radical (unpaired) electrons. The van der Waals surface area contributed by atoms with Crippen molar-refractivity contribution in [3.05, 3.63) is 151 Å². The molecule has 5 heteroatoms. The van der Waals surface area contributed by atoms with Gasteiger partial charge in [-0.05, 0) is 76.7 Å². The number of rotatable bonds is 3. The minimum absolute atomic E-state index is 0.646. The second-order valence-electron chi connectivity index (χ2n) is 11.8. The maximum absolute atomic E-state index is 7.49. The van der Waals surface area contributed by atoms with Gasteiger partial charge in [0.15, 0.2) is 16.9 Å². The average molecular weight is 602 g/mol. The number of benzene rings is 6. The quantitative estimate of drug-likeness (QED) is 0.189. The lowest BCUT2D eigenvalue weighted by Gasteiger charge is -2.10. The van der Waals surface area contributed by atoms with E-state index in [4.69, 9.17) is 20.4 Å². The van der Waals surface area contributed by atoms with Crippen molar-refractivity contribution in [2.75, 3.05) is 0 Å². The van der Waals surface area contributed by atoms with Crippen molar-refractivity contribution >= 4 is 71.6 Å². The van der Waals surface area contributed by atoms with Crippen LogP contribution in [0.1, 0.15) is 0 Å². The summed E-state index contributed by atoms with van der Waals surface area (Å²) >= 11 is 0. The molecule has 0 saturated carbocycles. The molecule has 47 heavy (non-hydrogen) atoms. The third kappa shape index (κ3) is 3.73. The maximum atomic E-state index is 7.49. The molecule has 10 aromatic rings. The Bertz CT molecular complexity index is 2810. The summed E-state index contributed by atoms with van der Waals surface area (Å²) in [6.07, 6.45) is 0. The Morgan fingerprint density at radius 3 is 1.68 bits per heavy atom. The van der Waals surface area contributed by atoms with Crippen LogP contribution < -0.4 is 0 Å². The first-order chi connectivity index (χ1) is 23.2. The molecule has 10 rings (SSSR count). The molecule has 0 aliphatic rings. The molecule has 218 valence electrons. The summed E-state index contributed by atoms with van der Waals surface area (Å²) in [5, 5.41) is 4.20. The normalized spacial score (nSPS) is 11.8. The summed E-state index contributed by atoms with van der Waals surface area (Å²) < 4.78 is 15.2. The molecule has 6 aromatic carbocycles. The van der Waals surface area contributed by atoms with Crippen LogP contribution in [-0.4, -0.2) is 9.55 Å². The summed E-state index contributed by atoms with van der Waals surface area (Å²) in [5.74, 6) is 0. The zero-order valence-corrected chi connectivity index (χ0v) is 24.9. The Hall–Kier alpha value is -6.64. The molecule has 0 saturated heterocycles. The number of hydrogen-bond acceptors (Lipinski definition) is 3. The van der Waals surface area contributed by atoms with Gasteiger partial charge in [-0.25, -0.2) is 9.83 Å². The van der Waals surface area contributed by atoms with Crippen LogP contribution in [0.4, 0.5) is 5.69 Å². The molecule has 0 amide bonds. The fraction of sp³-hybridized carbons (Fsp3) is 0. The second-order valence-corrected chi connectivity index (χ2v) is 11.8. The highest BCUT2D eigenvalue weighted by molar-refractivity contribution is 6.18. The highest BCUT2D eigenvalue weighted by atomic mass is 16.3. The topological polar surface area (TPSA) is 48.5 Å². The molecule has 0 atom stereocenters. The minimum Gasteiger partial charge on any atom is -0.454 e. The highest BCUT2D eigenvalue weighted by Gasteiger charge is 2.22. The lowest BCUT2D eigenvalue weighted by atomic mass is 9.99. The van der Waals surface area contributed by atoms with Crippen molar-refractivity contribution < 1.29 is 8.83 Å². The monoisotopic (exact) mass is 601 g/mol. The molecule has 4 aromatic heterocycles.